The molecular weight excluding hydrogens is 406 g/mol. The molecule has 7 nitrogen and oxygen atoms in total. The van der Waals surface area contributed by atoms with Crippen LogP contribution < -0.4 is 14.2 Å². The van der Waals surface area contributed by atoms with Crippen LogP contribution in [0.25, 0.3) is 0 Å². The Balaban J connectivity index is 1.32. The molecule has 1 aromatic heterocycles. The molecule has 0 spiro atoms. The molecule has 2 aromatic carbocycles. The van der Waals surface area contributed by atoms with Crippen LogP contribution in [0.5, 0.6) is 17.2 Å². The second-order valence-electron chi connectivity index (χ2n) is 8.27. The van der Waals surface area contributed by atoms with Gasteiger partial charge in [-0.3, -0.25) is 4.90 Å². The molecule has 0 bridgehead atoms. The lowest BCUT2D eigenvalue weighted by Crippen LogP contribution is -2.51. The number of aromatic nitrogens is 2. The Bertz CT molecular complexity index is 965. The van der Waals surface area contributed by atoms with Crippen LogP contribution in [0.3, 0.4) is 0 Å². The Morgan fingerprint density at radius 2 is 1.97 bits per heavy atom. The zero-order chi connectivity index (χ0) is 22.2. The fourth-order valence-corrected chi connectivity index (χ4v) is 4.06. The van der Waals surface area contributed by atoms with Crippen LogP contribution in [0.4, 0.5) is 0 Å². The van der Waals surface area contributed by atoms with Crippen molar-refractivity contribution in [1.82, 2.24) is 14.5 Å². The highest BCUT2D eigenvalue weighted by atomic mass is 16.5. The zero-order valence-corrected chi connectivity index (χ0v) is 18.5. The number of nitrogens with zero attached hydrogens (tertiary/aromatic N) is 3. The number of piperidine rings is 1. The van der Waals surface area contributed by atoms with Crippen LogP contribution >= 0.6 is 0 Å². The fraction of sp³-hybridized carbons (Fsp3) is 0.400. The van der Waals surface area contributed by atoms with E-state index in [-0.39, 0.29) is 0 Å². The SMILES string of the molecule is COc1cc(CN2CCCC(O)(COc3ccccc3)C2)ccc1OCCn1ccnc1. The Labute approximate surface area is 189 Å². The lowest BCUT2D eigenvalue weighted by Gasteiger charge is -2.39. The summed E-state index contributed by atoms with van der Waals surface area (Å²) < 4.78 is 19.3. The molecule has 0 aliphatic carbocycles. The highest BCUT2D eigenvalue weighted by Crippen LogP contribution is 2.30. The molecule has 3 aromatic rings. The van der Waals surface area contributed by atoms with Crippen LogP contribution in [-0.4, -0.2) is 58.6 Å². The lowest BCUT2D eigenvalue weighted by atomic mass is 9.93. The first kappa shape index (κ1) is 22.2. The van der Waals surface area contributed by atoms with Gasteiger partial charge in [0.25, 0.3) is 0 Å². The third-order valence-electron chi connectivity index (χ3n) is 5.69. The number of rotatable bonds is 10. The zero-order valence-electron chi connectivity index (χ0n) is 18.5. The summed E-state index contributed by atoms with van der Waals surface area (Å²) in [4.78, 5) is 6.31. The monoisotopic (exact) mass is 437 g/mol. The highest BCUT2D eigenvalue weighted by Gasteiger charge is 2.34. The van der Waals surface area contributed by atoms with Gasteiger partial charge in [-0.1, -0.05) is 24.3 Å². The molecule has 4 rings (SSSR count). The quantitative estimate of drug-likeness (QED) is 0.525. The number of imidazole rings is 1. The first-order valence-electron chi connectivity index (χ1n) is 11.0. The van der Waals surface area contributed by atoms with E-state index in [4.69, 9.17) is 14.2 Å². The number of benzene rings is 2. The largest absolute Gasteiger partial charge is 0.493 e. The van der Waals surface area contributed by atoms with E-state index in [1.165, 1.54) is 0 Å². The van der Waals surface area contributed by atoms with E-state index >= 15 is 0 Å². The van der Waals surface area contributed by atoms with Crippen LogP contribution in [-0.2, 0) is 13.1 Å². The van der Waals surface area contributed by atoms with Crippen molar-refractivity contribution in [3.63, 3.8) is 0 Å². The standard InChI is InChI=1S/C25H31N3O4/c1-30-24-16-21(8-9-23(24)31-15-14-27-13-11-26-20-27)17-28-12-5-10-25(29,18-28)19-32-22-6-3-2-4-7-22/h2-4,6-9,11,13,16,20,29H,5,10,12,14-15,17-19H2,1H3. The van der Waals surface area contributed by atoms with Crippen molar-refractivity contribution in [2.45, 2.75) is 31.5 Å². The van der Waals surface area contributed by atoms with Crippen molar-refractivity contribution >= 4 is 0 Å². The van der Waals surface area contributed by atoms with Gasteiger partial charge in [0.15, 0.2) is 11.5 Å². The number of methoxy groups -OCH3 is 1. The molecule has 0 amide bonds. The lowest BCUT2D eigenvalue weighted by molar-refractivity contribution is -0.0621. The van der Waals surface area contributed by atoms with E-state index in [2.05, 4.69) is 16.0 Å². The molecule has 170 valence electrons. The average Bonchev–Trinajstić information content (AvgIpc) is 3.33. The van der Waals surface area contributed by atoms with Gasteiger partial charge in [0, 0.05) is 25.5 Å². The van der Waals surface area contributed by atoms with Crippen molar-refractivity contribution in [2.75, 3.05) is 33.4 Å². The summed E-state index contributed by atoms with van der Waals surface area (Å²) in [6, 6.07) is 15.7. The summed E-state index contributed by atoms with van der Waals surface area (Å²) in [6.07, 6.45) is 7.11. The number of β-amino-alcohol motifs (C(OH)–C–C–N with tert-alkyl or cyclic N) is 1. The molecule has 1 aliphatic rings. The summed E-state index contributed by atoms with van der Waals surface area (Å²) in [5.74, 6) is 2.22. The maximum absolute atomic E-state index is 11.1. The minimum atomic E-state index is -0.853. The number of aliphatic hydroxyl groups is 1. The predicted molar refractivity (Wildman–Crippen MR) is 122 cm³/mol. The molecule has 1 aliphatic heterocycles. The van der Waals surface area contributed by atoms with Crippen molar-refractivity contribution < 1.29 is 19.3 Å². The third kappa shape index (κ3) is 6.02. The van der Waals surface area contributed by atoms with Gasteiger partial charge in [0.1, 0.15) is 24.6 Å². The van der Waals surface area contributed by atoms with Crippen molar-refractivity contribution in [2.24, 2.45) is 0 Å². The normalized spacial score (nSPS) is 18.9. The molecule has 1 atom stereocenters. The molecule has 1 unspecified atom stereocenters. The van der Waals surface area contributed by atoms with Gasteiger partial charge in [-0.2, -0.15) is 0 Å². The van der Waals surface area contributed by atoms with Gasteiger partial charge in [-0.25, -0.2) is 4.98 Å². The van der Waals surface area contributed by atoms with E-state index in [0.717, 1.165) is 49.5 Å². The van der Waals surface area contributed by atoms with Crippen molar-refractivity contribution in [3.8, 4) is 17.2 Å². The summed E-state index contributed by atoms with van der Waals surface area (Å²) in [5.41, 5.74) is 0.270. The Hall–Kier alpha value is -3.03. The highest BCUT2D eigenvalue weighted by molar-refractivity contribution is 5.43. The molecule has 1 saturated heterocycles. The van der Waals surface area contributed by atoms with Crippen LogP contribution in [0.1, 0.15) is 18.4 Å². The molecule has 2 heterocycles. The van der Waals surface area contributed by atoms with Crippen LogP contribution in [0, 0.1) is 0 Å². The Kier molecular flexibility index (Phi) is 7.29. The van der Waals surface area contributed by atoms with Gasteiger partial charge in [-0.15, -0.1) is 0 Å². The number of hydrogen-bond donors (Lipinski definition) is 1. The molecule has 32 heavy (non-hydrogen) atoms. The minimum Gasteiger partial charge on any atom is -0.493 e. The minimum absolute atomic E-state index is 0.292. The van der Waals surface area contributed by atoms with E-state index in [9.17, 15) is 5.11 Å². The molecular formula is C25H31N3O4. The predicted octanol–water partition coefficient (Wildman–Crippen LogP) is 3.38. The molecule has 0 saturated carbocycles. The first-order valence-corrected chi connectivity index (χ1v) is 11.0. The van der Waals surface area contributed by atoms with Gasteiger partial charge in [0.05, 0.1) is 20.0 Å². The summed E-state index contributed by atoms with van der Waals surface area (Å²) >= 11 is 0. The van der Waals surface area contributed by atoms with Crippen LogP contribution in [0.15, 0.2) is 67.3 Å². The van der Waals surface area contributed by atoms with Gasteiger partial charge < -0.3 is 23.9 Å². The van der Waals surface area contributed by atoms with Crippen molar-refractivity contribution in [1.29, 1.82) is 0 Å². The molecule has 7 heteroatoms. The van der Waals surface area contributed by atoms with Gasteiger partial charge in [-0.05, 0) is 49.2 Å². The second-order valence-corrected chi connectivity index (χ2v) is 8.27. The summed E-state index contributed by atoms with van der Waals surface area (Å²) in [6.45, 7) is 3.80. The van der Waals surface area contributed by atoms with E-state index < -0.39 is 5.60 Å². The summed E-state index contributed by atoms with van der Waals surface area (Å²) in [5, 5.41) is 11.1. The number of likely N-dealkylation sites (tertiary alicyclic amines) is 1. The third-order valence-corrected chi connectivity index (χ3v) is 5.69. The maximum atomic E-state index is 11.1. The van der Waals surface area contributed by atoms with Gasteiger partial charge >= 0.3 is 0 Å². The van der Waals surface area contributed by atoms with E-state index in [1.807, 2.05) is 53.2 Å². The molecule has 1 fully saturated rings. The fourth-order valence-electron chi connectivity index (χ4n) is 4.06. The van der Waals surface area contributed by atoms with E-state index in [1.54, 1.807) is 19.6 Å². The second kappa shape index (κ2) is 10.5. The molecule has 1 N–H and O–H groups in total. The van der Waals surface area contributed by atoms with Crippen LogP contribution in [0.2, 0.25) is 0 Å². The first-order chi connectivity index (χ1) is 15.6. The Morgan fingerprint density at radius 1 is 1.09 bits per heavy atom. The topological polar surface area (TPSA) is 69.0 Å². The number of ether oxygens (including phenoxy) is 3. The number of para-hydroxylation sites is 1. The summed E-state index contributed by atoms with van der Waals surface area (Å²) in [7, 11) is 1.66. The Morgan fingerprint density at radius 3 is 2.75 bits per heavy atom. The molecule has 0 radical (unpaired) electrons. The van der Waals surface area contributed by atoms with Crippen molar-refractivity contribution in [3.05, 3.63) is 72.8 Å². The van der Waals surface area contributed by atoms with Gasteiger partial charge in [0.2, 0.25) is 0 Å². The smallest absolute Gasteiger partial charge is 0.161 e. The maximum Gasteiger partial charge on any atom is 0.161 e. The number of hydrogen-bond acceptors (Lipinski definition) is 6. The average molecular weight is 438 g/mol. The van der Waals surface area contributed by atoms with E-state index in [0.29, 0.717) is 25.5 Å².